The van der Waals surface area contributed by atoms with Crippen LogP contribution in [0.4, 0.5) is 68.2 Å². The standard InChI is InChI=1S/C27H16BN3OS.C27H16BN3S2.C21H14BN3S/c1-4-13-24-17(7-1)18-8-5-12-22(26(18)32-24)30-20-10-2-3-11-21(20)31-23-14-16-33-27(23)25-19(28(30)31)9-6-15-29-25;1-4-13-24-17(7-1)18-8-5-12-22(26(18)33-24)30-20-10-2-3-11-21(20)31-23-14-16-32-27(23)25-19(28(30)31)9-6-15-29-25;1-2-7-15(8-3-1)24-17-10-4-5-11-18(17)25-19-12-14-26-21(19)20-16(22(24)25)9-6-13-23-20/h2*1-16H;1-14H. The van der Waals surface area contributed by atoms with E-state index in [-0.39, 0.29) is 20.9 Å². The first-order valence-corrected chi connectivity index (χ1v) is 34.2. The number of benzene rings is 8. The normalized spacial score (nSPS) is 13.9. The van der Waals surface area contributed by atoms with Crippen molar-refractivity contribution < 1.29 is 4.42 Å². The lowest BCUT2D eigenvalue weighted by molar-refractivity contribution is 0.669. The quantitative estimate of drug-likeness (QED) is 0.160. The van der Waals surface area contributed by atoms with E-state index in [1.807, 2.05) is 54.2 Å². The molecule has 22 rings (SSSR count). The zero-order valence-electron chi connectivity index (χ0n) is 48.9. The summed E-state index contributed by atoms with van der Waals surface area (Å²) in [4.78, 5) is 32.9. The second kappa shape index (κ2) is 20.4. The van der Waals surface area contributed by atoms with Gasteiger partial charge < -0.3 is 33.3 Å². The minimum Gasteiger partial charge on any atom is -0.454 e. The third-order valence-corrected chi connectivity index (χ3v) is 22.6. The molecule has 0 bridgehead atoms. The first-order chi connectivity index (χ1) is 45.7. The molecule has 430 valence electrons. The minimum atomic E-state index is -0.0352. The van der Waals surface area contributed by atoms with Crippen LogP contribution in [0, 0.1) is 0 Å². The lowest BCUT2D eigenvalue weighted by Crippen LogP contribution is -2.55. The zero-order chi connectivity index (χ0) is 60.1. The summed E-state index contributed by atoms with van der Waals surface area (Å²) >= 11 is 7.18. The third-order valence-electron chi connectivity index (χ3n) is 18.7. The van der Waals surface area contributed by atoms with Gasteiger partial charge in [0.15, 0.2) is 5.58 Å². The van der Waals surface area contributed by atoms with Gasteiger partial charge in [-0.2, -0.15) is 0 Å². The first-order valence-electron chi connectivity index (χ1n) is 30.7. The summed E-state index contributed by atoms with van der Waals surface area (Å²) in [5.41, 5.74) is 23.4. The average molecular weight is 1250 g/mol. The zero-order valence-corrected chi connectivity index (χ0v) is 52.1. The molecule has 16 aromatic rings. The van der Waals surface area contributed by atoms with Crippen LogP contribution in [0.3, 0.4) is 0 Å². The van der Waals surface area contributed by atoms with Crippen molar-refractivity contribution in [2.45, 2.75) is 0 Å². The van der Waals surface area contributed by atoms with Gasteiger partial charge in [-0.3, -0.25) is 15.0 Å². The summed E-state index contributed by atoms with van der Waals surface area (Å²) in [6.45, 7) is 0.0802. The molecule has 0 N–H and O–H groups in total. The Morgan fingerprint density at radius 1 is 0.293 bits per heavy atom. The van der Waals surface area contributed by atoms with E-state index in [0.29, 0.717) is 0 Å². The summed E-state index contributed by atoms with van der Waals surface area (Å²) in [5.74, 6) is 0. The van der Waals surface area contributed by atoms with Gasteiger partial charge in [0, 0.05) is 56.2 Å². The van der Waals surface area contributed by atoms with Crippen LogP contribution in [0.1, 0.15) is 0 Å². The van der Waals surface area contributed by atoms with Crippen LogP contribution in [-0.2, 0) is 0 Å². The number of pyridine rings is 3. The van der Waals surface area contributed by atoms with Gasteiger partial charge in [0.2, 0.25) is 0 Å². The molecule has 0 fully saturated rings. The van der Waals surface area contributed by atoms with Crippen LogP contribution in [0.5, 0.6) is 0 Å². The Balaban J connectivity index is 0.0000000965. The van der Waals surface area contributed by atoms with Crippen molar-refractivity contribution >= 4 is 193 Å². The van der Waals surface area contributed by atoms with Crippen molar-refractivity contribution in [2.75, 3.05) is 28.9 Å². The molecule has 14 heterocycles. The molecule has 0 saturated carbocycles. The van der Waals surface area contributed by atoms with Gasteiger partial charge in [0.1, 0.15) is 5.58 Å². The molecule has 0 amide bonds. The molecular weight excluding hydrogens is 1200 g/mol. The van der Waals surface area contributed by atoms with Crippen LogP contribution < -0.4 is 45.3 Å². The van der Waals surface area contributed by atoms with Gasteiger partial charge in [0.25, 0.3) is 0 Å². The molecule has 10 nitrogen and oxygen atoms in total. The number of thiophene rings is 4. The van der Waals surface area contributed by atoms with E-state index in [1.165, 1.54) is 114 Å². The number of para-hydroxylation sites is 9. The van der Waals surface area contributed by atoms with E-state index in [2.05, 4.69) is 263 Å². The van der Waals surface area contributed by atoms with Gasteiger partial charge in [-0.25, -0.2) is 0 Å². The predicted molar refractivity (Wildman–Crippen MR) is 390 cm³/mol. The van der Waals surface area contributed by atoms with Gasteiger partial charge >= 0.3 is 20.9 Å². The number of hydrogen-bond donors (Lipinski definition) is 0. The van der Waals surface area contributed by atoms with Crippen molar-refractivity contribution in [2.24, 2.45) is 0 Å². The highest BCUT2D eigenvalue weighted by molar-refractivity contribution is 7.26. The first kappa shape index (κ1) is 52.1. The molecule has 0 saturated heterocycles. The molecule has 0 aliphatic carbocycles. The predicted octanol–water partition coefficient (Wildman–Crippen LogP) is 18.7. The lowest BCUT2D eigenvalue weighted by Gasteiger charge is -2.34. The highest BCUT2D eigenvalue weighted by Crippen LogP contribution is 2.57. The summed E-state index contributed by atoms with van der Waals surface area (Å²) in [6, 6.07) is 86.4. The van der Waals surface area contributed by atoms with Crippen molar-refractivity contribution in [3.05, 3.63) is 277 Å². The van der Waals surface area contributed by atoms with Crippen LogP contribution in [0.25, 0.3) is 73.8 Å². The van der Waals surface area contributed by atoms with E-state index < -0.39 is 0 Å². The van der Waals surface area contributed by atoms with Crippen LogP contribution in [0.15, 0.2) is 282 Å². The molecule has 8 aromatic heterocycles. The van der Waals surface area contributed by atoms with Crippen molar-refractivity contribution in [3.8, 4) is 31.7 Å². The Labute approximate surface area is 546 Å². The molecule has 6 aliphatic rings. The van der Waals surface area contributed by atoms with Crippen LogP contribution in [-0.4, -0.2) is 35.9 Å². The molecule has 0 radical (unpaired) electrons. The second-order valence-electron chi connectivity index (χ2n) is 23.4. The Morgan fingerprint density at radius 3 is 1.22 bits per heavy atom. The van der Waals surface area contributed by atoms with Crippen molar-refractivity contribution in [1.82, 2.24) is 15.0 Å². The molecule has 8 aromatic carbocycles. The second-order valence-corrected chi connectivity index (χ2v) is 27.2. The summed E-state index contributed by atoms with van der Waals surface area (Å²) in [5, 5.41) is 11.4. The fourth-order valence-electron chi connectivity index (χ4n) is 15.1. The maximum Gasteiger partial charge on any atom is 0.423 e. The van der Waals surface area contributed by atoms with E-state index >= 15 is 0 Å². The fraction of sp³-hybridized carbons (Fsp3) is 0. The van der Waals surface area contributed by atoms with E-state index in [9.17, 15) is 0 Å². The van der Waals surface area contributed by atoms with Crippen molar-refractivity contribution in [3.63, 3.8) is 0 Å². The number of hydrogen-bond acceptors (Lipinski definition) is 14. The number of rotatable bonds is 3. The fourth-order valence-corrected chi connectivity index (χ4v) is 19.0. The molecule has 0 unspecified atom stereocenters. The molecule has 92 heavy (non-hydrogen) atoms. The Hall–Kier alpha value is -10.7. The molecule has 0 spiro atoms. The SMILES string of the molecule is c1ccc(N2B3c4cccnc4-c4sccc4N3c3ccccc32)cc1.c1cnc2c(c1)B1N(c3ccccc3N1c1cccc3c1oc1ccccc13)c1ccsc1-2.c1cnc2c(c1)B1N(c3ccccc3N1c1cccc3c1sc1ccccc13)c1ccsc1-2. The summed E-state index contributed by atoms with van der Waals surface area (Å²) < 4.78 is 9.12. The number of anilines is 12. The monoisotopic (exact) mass is 1250 g/mol. The highest BCUT2D eigenvalue weighted by Gasteiger charge is 2.52. The lowest BCUT2D eigenvalue weighted by atomic mass is 9.61. The van der Waals surface area contributed by atoms with Crippen LogP contribution >= 0.6 is 45.3 Å². The minimum absolute atomic E-state index is 0.0315. The van der Waals surface area contributed by atoms with E-state index in [4.69, 9.17) is 19.4 Å². The Kier molecular flexibility index (Phi) is 11.6. The van der Waals surface area contributed by atoms with Gasteiger partial charge in [0.05, 0.1) is 93.3 Å². The van der Waals surface area contributed by atoms with Gasteiger partial charge in [-0.05, 0) is 142 Å². The molecule has 0 atom stereocenters. The third kappa shape index (κ3) is 7.46. The molecule has 17 heteroatoms. The van der Waals surface area contributed by atoms with Crippen molar-refractivity contribution in [1.29, 1.82) is 0 Å². The maximum atomic E-state index is 6.46. The molecular formula is C75H46B3N9OS4. The number of nitrogens with zero attached hydrogens (tertiary/aromatic N) is 9. The van der Waals surface area contributed by atoms with E-state index in [1.54, 1.807) is 34.0 Å². The topological polar surface area (TPSA) is 71.2 Å². The Morgan fingerprint density at radius 2 is 0.685 bits per heavy atom. The van der Waals surface area contributed by atoms with Crippen LogP contribution in [0.2, 0.25) is 0 Å². The number of fused-ring (bicyclic) bond motifs is 30. The highest BCUT2D eigenvalue weighted by atomic mass is 32.1. The maximum absolute atomic E-state index is 6.46. The van der Waals surface area contributed by atoms with Gasteiger partial charge in [-0.15, -0.1) is 45.3 Å². The summed E-state index contributed by atoms with van der Waals surface area (Å²) in [6.07, 6.45) is 5.70. The largest absolute Gasteiger partial charge is 0.454 e. The Bertz CT molecular complexity index is 5400. The number of furan rings is 1. The summed E-state index contributed by atoms with van der Waals surface area (Å²) in [7, 11) is 0. The number of aromatic nitrogens is 3. The smallest absolute Gasteiger partial charge is 0.423 e. The molecule has 6 aliphatic heterocycles. The van der Waals surface area contributed by atoms with E-state index in [0.717, 1.165) is 44.7 Å². The average Bonchev–Trinajstić information content (AvgIpc) is 1.56. The van der Waals surface area contributed by atoms with Gasteiger partial charge in [-0.1, -0.05) is 133 Å².